The van der Waals surface area contributed by atoms with Crippen LogP contribution in [0.15, 0.2) is 48.5 Å². The van der Waals surface area contributed by atoms with Crippen LogP contribution in [0, 0.1) is 17.6 Å². The van der Waals surface area contributed by atoms with E-state index < -0.39 is 11.6 Å². The van der Waals surface area contributed by atoms with Gasteiger partial charge in [-0.1, -0.05) is 30.3 Å². The largest absolute Gasteiger partial charge is 0.485 e. The minimum absolute atomic E-state index is 0.0440. The quantitative estimate of drug-likeness (QED) is 0.550. The first-order chi connectivity index (χ1) is 17.1. The summed E-state index contributed by atoms with van der Waals surface area (Å²) in [6.45, 7) is 3.67. The molecule has 0 unspecified atom stereocenters. The van der Waals surface area contributed by atoms with Gasteiger partial charge in [-0.2, -0.15) is 0 Å². The third-order valence-corrected chi connectivity index (χ3v) is 6.42. The minimum atomic E-state index is -0.719. The van der Waals surface area contributed by atoms with Gasteiger partial charge in [-0.3, -0.25) is 4.79 Å². The van der Waals surface area contributed by atoms with Crippen molar-refractivity contribution in [3.8, 4) is 5.75 Å². The molecule has 0 radical (unpaired) electrons. The van der Waals surface area contributed by atoms with E-state index in [1.165, 1.54) is 0 Å². The SMILES string of the molecule is O=C1c2c(nc(COc3cc(F)cc(F)c3)n2Cc2ccccc2)NCCN1CC1CCOCC1. The lowest BCUT2D eigenvalue weighted by Gasteiger charge is -2.29. The lowest BCUT2D eigenvalue weighted by molar-refractivity contribution is 0.0463. The van der Waals surface area contributed by atoms with E-state index in [1.807, 2.05) is 39.8 Å². The lowest BCUT2D eigenvalue weighted by atomic mass is 9.99. The van der Waals surface area contributed by atoms with E-state index >= 15 is 0 Å². The first-order valence-corrected chi connectivity index (χ1v) is 11.9. The summed E-state index contributed by atoms with van der Waals surface area (Å²) in [6.07, 6.45) is 1.88. The topological polar surface area (TPSA) is 68.6 Å². The molecule has 1 fully saturated rings. The molecule has 0 bridgehead atoms. The van der Waals surface area contributed by atoms with Crippen LogP contribution in [0.25, 0.3) is 0 Å². The van der Waals surface area contributed by atoms with Crippen molar-refractivity contribution in [3.05, 3.63) is 77.2 Å². The number of anilines is 1. The van der Waals surface area contributed by atoms with Crippen LogP contribution in [0.2, 0.25) is 0 Å². The fraction of sp³-hybridized carbons (Fsp3) is 0.385. The third kappa shape index (κ3) is 5.45. The van der Waals surface area contributed by atoms with Gasteiger partial charge in [0.2, 0.25) is 0 Å². The Labute approximate surface area is 202 Å². The monoisotopic (exact) mass is 482 g/mol. The second-order valence-electron chi connectivity index (χ2n) is 8.92. The molecule has 1 aromatic heterocycles. The van der Waals surface area contributed by atoms with Gasteiger partial charge in [0.25, 0.3) is 5.91 Å². The summed E-state index contributed by atoms with van der Waals surface area (Å²) in [4.78, 5) is 20.3. The molecule has 1 N–H and O–H groups in total. The maximum Gasteiger partial charge on any atom is 0.274 e. The highest BCUT2D eigenvalue weighted by molar-refractivity contribution is 5.98. The van der Waals surface area contributed by atoms with Gasteiger partial charge in [0.1, 0.15) is 29.8 Å². The molecular weight excluding hydrogens is 454 g/mol. The number of aromatic nitrogens is 2. The Hall–Kier alpha value is -3.46. The summed E-state index contributed by atoms with van der Waals surface area (Å²) in [5.74, 6) is -0.0458. The maximum atomic E-state index is 13.8. The van der Waals surface area contributed by atoms with Crippen molar-refractivity contribution in [3.63, 3.8) is 0 Å². The average molecular weight is 483 g/mol. The Kier molecular flexibility index (Phi) is 6.94. The van der Waals surface area contributed by atoms with Crippen LogP contribution in [0.4, 0.5) is 14.6 Å². The predicted octanol–water partition coefficient (Wildman–Crippen LogP) is 4.08. The molecule has 35 heavy (non-hydrogen) atoms. The smallest absolute Gasteiger partial charge is 0.274 e. The van der Waals surface area contributed by atoms with Crippen molar-refractivity contribution >= 4 is 11.7 Å². The average Bonchev–Trinajstić information content (AvgIpc) is 3.11. The highest BCUT2D eigenvalue weighted by atomic mass is 19.1. The van der Waals surface area contributed by atoms with Crippen LogP contribution < -0.4 is 10.1 Å². The molecule has 2 aliphatic heterocycles. The second kappa shape index (κ2) is 10.4. The standard InChI is InChI=1S/C26H28F2N4O3/c27-20-12-21(28)14-22(13-20)35-17-23-30-25-24(32(23)16-18-4-2-1-3-5-18)26(33)31(9-8-29-25)15-19-6-10-34-11-7-19/h1-5,12-14,19,29H,6-11,15-17H2. The molecule has 0 spiro atoms. The van der Waals surface area contributed by atoms with Crippen molar-refractivity contribution in [2.24, 2.45) is 5.92 Å². The van der Waals surface area contributed by atoms with Crippen molar-refractivity contribution in [2.75, 3.05) is 38.2 Å². The number of nitrogens with zero attached hydrogens (tertiary/aromatic N) is 3. The third-order valence-electron chi connectivity index (χ3n) is 6.42. The number of nitrogens with one attached hydrogen (secondary N) is 1. The Morgan fingerprint density at radius 1 is 1.09 bits per heavy atom. The number of amides is 1. The fourth-order valence-electron chi connectivity index (χ4n) is 4.62. The van der Waals surface area contributed by atoms with Gasteiger partial charge in [0.05, 0.1) is 0 Å². The molecule has 3 aromatic rings. The number of fused-ring (bicyclic) bond motifs is 1. The van der Waals surface area contributed by atoms with Gasteiger partial charge in [-0.05, 0) is 24.3 Å². The van der Waals surface area contributed by atoms with Gasteiger partial charge in [0.15, 0.2) is 11.5 Å². The van der Waals surface area contributed by atoms with Gasteiger partial charge < -0.3 is 24.3 Å². The fourth-order valence-corrected chi connectivity index (χ4v) is 4.62. The van der Waals surface area contributed by atoms with Crippen molar-refractivity contribution in [2.45, 2.75) is 26.0 Å². The van der Waals surface area contributed by atoms with Crippen LogP contribution in [0.1, 0.15) is 34.7 Å². The number of ether oxygens (including phenoxy) is 2. The Balaban J connectivity index is 1.45. The molecule has 5 rings (SSSR count). The van der Waals surface area contributed by atoms with Crippen LogP contribution in [0.5, 0.6) is 5.75 Å². The molecule has 1 amide bonds. The second-order valence-corrected chi connectivity index (χ2v) is 8.92. The van der Waals surface area contributed by atoms with Crippen LogP contribution in [-0.4, -0.2) is 53.2 Å². The number of hydrogen-bond donors (Lipinski definition) is 1. The zero-order valence-corrected chi connectivity index (χ0v) is 19.4. The van der Waals surface area contributed by atoms with Crippen LogP contribution in [0.3, 0.4) is 0 Å². The van der Waals surface area contributed by atoms with E-state index in [0.29, 0.717) is 49.4 Å². The summed E-state index contributed by atoms with van der Waals surface area (Å²) in [5.41, 5.74) is 1.47. The molecule has 0 atom stereocenters. The van der Waals surface area contributed by atoms with E-state index in [0.717, 1.165) is 49.8 Å². The molecule has 1 saturated heterocycles. The number of carbonyl (C=O) groups excluding carboxylic acids is 1. The number of imidazole rings is 1. The van der Waals surface area contributed by atoms with Gasteiger partial charge in [0, 0.05) is 57.6 Å². The van der Waals surface area contributed by atoms with E-state index in [1.54, 1.807) is 0 Å². The van der Waals surface area contributed by atoms with Gasteiger partial charge in [-0.15, -0.1) is 0 Å². The van der Waals surface area contributed by atoms with Gasteiger partial charge in [-0.25, -0.2) is 13.8 Å². The minimum Gasteiger partial charge on any atom is -0.485 e. The molecular formula is C26H28F2N4O3. The normalized spacial score (nSPS) is 16.5. The Bertz CT molecular complexity index is 1160. The molecule has 7 nitrogen and oxygen atoms in total. The first-order valence-electron chi connectivity index (χ1n) is 11.9. The van der Waals surface area contributed by atoms with Crippen LogP contribution in [-0.2, 0) is 17.9 Å². The van der Waals surface area contributed by atoms with Crippen LogP contribution >= 0.6 is 0 Å². The number of benzene rings is 2. The number of rotatable bonds is 7. The van der Waals surface area contributed by atoms with E-state index in [2.05, 4.69) is 10.3 Å². The maximum absolute atomic E-state index is 13.8. The summed E-state index contributed by atoms with van der Waals surface area (Å²) in [7, 11) is 0. The molecule has 3 heterocycles. The van der Waals surface area contributed by atoms with E-state index in [4.69, 9.17) is 9.47 Å². The summed E-state index contributed by atoms with van der Waals surface area (Å²) in [6, 6.07) is 12.8. The number of halogens is 2. The Morgan fingerprint density at radius 3 is 2.57 bits per heavy atom. The van der Waals surface area contributed by atoms with E-state index in [-0.39, 0.29) is 18.3 Å². The Morgan fingerprint density at radius 2 is 1.83 bits per heavy atom. The molecule has 0 aliphatic carbocycles. The molecule has 184 valence electrons. The highest BCUT2D eigenvalue weighted by Crippen LogP contribution is 2.26. The summed E-state index contributed by atoms with van der Waals surface area (Å²) < 4.78 is 40.3. The van der Waals surface area contributed by atoms with E-state index in [9.17, 15) is 13.6 Å². The van der Waals surface area contributed by atoms with Crippen molar-refractivity contribution in [1.29, 1.82) is 0 Å². The van der Waals surface area contributed by atoms with Gasteiger partial charge >= 0.3 is 0 Å². The zero-order valence-electron chi connectivity index (χ0n) is 19.4. The zero-order chi connectivity index (χ0) is 24.2. The first kappa shape index (κ1) is 23.3. The van der Waals surface area contributed by atoms with Crippen molar-refractivity contribution < 1.29 is 23.0 Å². The molecule has 0 saturated carbocycles. The number of carbonyl (C=O) groups is 1. The summed E-state index contributed by atoms with van der Waals surface area (Å²) in [5, 5.41) is 3.29. The van der Waals surface area contributed by atoms with Crippen molar-refractivity contribution in [1.82, 2.24) is 14.5 Å². The molecule has 2 aliphatic rings. The number of hydrogen-bond acceptors (Lipinski definition) is 5. The molecule has 9 heteroatoms. The summed E-state index contributed by atoms with van der Waals surface area (Å²) >= 11 is 0. The highest BCUT2D eigenvalue weighted by Gasteiger charge is 2.31. The molecule has 2 aromatic carbocycles. The lowest BCUT2D eigenvalue weighted by Crippen LogP contribution is -2.39. The predicted molar refractivity (Wildman–Crippen MR) is 126 cm³/mol.